The Bertz CT molecular complexity index is 451. The molecule has 0 amide bonds. The molecule has 0 saturated heterocycles. The van der Waals surface area contributed by atoms with E-state index in [1.807, 2.05) is 30.5 Å². The lowest BCUT2D eigenvalue weighted by Gasteiger charge is -2.01. The molecule has 15 heavy (non-hydrogen) atoms. The maximum atomic E-state index is 8.77. The molecule has 0 atom stereocenters. The van der Waals surface area contributed by atoms with Crippen LogP contribution < -0.4 is 5.73 Å². The van der Waals surface area contributed by atoms with Crippen LogP contribution in [0.15, 0.2) is 36.7 Å². The van der Waals surface area contributed by atoms with Crippen LogP contribution in [0.3, 0.4) is 0 Å². The fraction of sp³-hybridized carbons (Fsp3) is 0.182. The van der Waals surface area contributed by atoms with Crippen molar-refractivity contribution in [2.45, 2.75) is 6.54 Å². The first-order valence-electron chi connectivity index (χ1n) is 4.79. The van der Waals surface area contributed by atoms with Gasteiger partial charge in [-0.25, -0.2) is 0 Å². The largest absolute Gasteiger partial charge is 0.398 e. The summed E-state index contributed by atoms with van der Waals surface area (Å²) in [5, 5.41) is 12.9. The second-order valence-electron chi connectivity index (χ2n) is 3.30. The highest BCUT2D eigenvalue weighted by molar-refractivity contribution is 5.75. The van der Waals surface area contributed by atoms with E-state index in [4.69, 9.17) is 10.8 Å². The molecule has 1 aromatic carbocycles. The molecule has 0 aliphatic heterocycles. The number of aromatic nitrogens is 2. The van der Waals surface area contributed by atoms with E-state index in [-0.39, 0.29) is 6.61 Å². The van der Waals surface area contributed by atoms with E-state index in [0.717, 1.165) is 16.8 Å². The van der Waals surface area contributed by atoms with Gasteiger partial charge in [0.2, 0.25) is 0 Å². The summed E-state index contributed by atoms with van der Waals surface area (Å²) < 4.78 is 1.70. The van der Waals surface area contributed by atoms with Gasteiger partial charge in [-0.1, -0.05) is 18.2 Å². The number of nitrogen functional groups attached to an aromatic ring is 1. The summed E-state index contributed by atoms with van der Waals surface area (Å²) in [4.78, 5) is 0. The van der Waals surface area contributed by atoms with Crippen molar-refractivity contribution in [2.24, 2.45) is 0 Å². The standard InChI is InChI=1S/C11H13N3O/c12-11-4-2-1-3-10(11)9-7-13-14(8-9)5-6-15/h1-4,7-8,15H,5-6,12H2. The average Bonchev–Trinajstić information content (AvgIpc) is 2.68. The third-order valence-corrected chi connectivity index (χ3v) is 2.23. The number of nitrogens with zero attached hydrogens (tertiary/aromatic N) is 2. The number of rotatable bonds is 3. The monoisotopic (exact) mass is 203 g/mol. The first kappa shape index (κ1) is 9.73. The van der Waals surface area contributed by atoms with E-state index < -0.39 is 0 Å². The summed E-state index contributed by atoms with van der Waals surface area (Å²) in [5.74, 6) is 0. The van der Waals surface area contributed by atoms with E-state index in [1.165, 1.54) is 0 Å². The van der Waals surface area contributed by atoms with Gasteiger partial charge in [-0.15, -0.1) is 0 Å². The predicted octanol–water partition coefficient (Wildman–Crippen LogP) is 1.12. The average molecular weight is 203 g/mol. The number of nitrogens with two attached hydrogens (primary N) is 1. The van der Waals surface area contributed by atoms with Crippen LogP contribution in [0.2, 0.25) is 0 Å². The molecule has 0 fully saturated rings. The smallest absolute Gasteiger partial charge is 0.0641 e. The number of hydrogen-bond acceptors (Lipinski definition) is 3. The highest BCUT2D eigenvalue weighted by atomic mass is 16.3. The van der Waals surface area contributed by atoms with E-state index in [0.29, 0.717) is 6.54 Å². The van der Waals surface area contributed by atoms with E-state index in [9.17, 15) is 0 Å². The van der Waals surface area contributed by atoms with E-state index >= 15 is 0 Å². The maximum absolute atomic E-state index is 8.77. The van der Waals surface area contributed by atoms with Gasteiger partial charge in [-0.05, 0) is 6.07 Å². The molecule has 0 bridgehead atoms. The molecule has 0 aliphatic carbocycles. The van der Waals surface area contributed by atoms with Crippen molar-refractivity contribution >= 4 is 5.69 Å². The summed E-state index contributed by atoms with van der Waals surface area (Å²) in [6.45, 7) is 0.595. The van der Waals surface area contributed by atoms with Crippen molar-refractivity contribution in [2.75, 3.05) is 12.3 Å². The molecule has 1 aromatic heterocycles. The molecule has 3 N–H and O–H groups in total. The molecule has 2 rings (SSSR count). The summed E-state index contributed by atoms with van der Waals surface area (Å²) in [5.41, 5.74) is 8.53. The van der Waals surface area contributed by atoms with Gasteiger partial charge in [0.15, 0.2) is 0 Å². The third kappa shape index (κ3) is 1.99. The number of hydrogen-bond donors (Lipinski definition) is 2. The fourth-order valence-electron chi connectivity index (χ4n) is 1.49. The van der Waals surface area contributed by atoms with Gasteiger partial charge in [0.25, 0.3) is 0 Å². The van der Waals surface area contributed by atoms with Crippen LogP contribution in [0, 0.1) is 0 Å². The maximum Gasteiger partial charge on any atom is 0.0641 e. The Morgan fingerprint density at radius 1 is 1.33 bits per heavy atom. The van der Waals surface area contributed by atoms with Crippen molar-refractivity contribution < 1.29 is 5.11 Å². The Balaban J connectivity index is 2.33. The number of benzene rings is 1. The van der Waals surface area contributed by atoms with Gasteiger partial charge >= 0.3 is 0 Å². The number of anilines is 1. The summed E-state index contributed by atoms with van der Waals surface area (Å²) in [6.07, 6.45) is 3.63. The Morgan fingerprint density at radius 3 is 2.87 bits per heavy atom. The van der Waals surface area contributed by atoms with Gasteiger partial charge in [0.1, 0.15) is 0 Å². The Labute approximate surface area is 88.0 Å². The van der Waals surface area contributed by atoms with Crippen LogP contribution in [0.25, 0.3) is 11.1 Å². The molecule has 0 unspecified atom stereocenters. The summed E-state index contributed by atoms with van der Waals surface area (Å²) >= 11 is 0. The van der Waals surface area contributed by atoms with E-state index in [2.05, 4.69) is 5.10 Å². The van der Waals surface area contributed by atoms with Crippen molar-refractivity contribution in [3.8, 4) is 11.1 Å². The molecule has 4 heteroatoms. The molecule has 0 spiro atoms. The van der Waals surface area contributed by atoms with Gasteiger partial charge in [-0.3, -0.25) is 4.68 Å². The molecule has 0 radical (unpaired) electrons. The molecular weight excluding hydrogens is 190 g/mol. The van der Waals surface area contributed by atoms with Gasteiger partial charge in [0.05, 0.1) is 19.3 Å². The molecule has 1 heterocycles. The zero-order chi connectivity index (χ0) is 10.7. The first-order chi connectivity index (χ1) is 7.31. The lowest BCUT2D eigenvalue weighted by atomic mass is 10.1. The summed E-state index contributed by atoms with van der Waals surface area (Å²) in [6, 6.07) is 7.65. The number of aliphatic hydroxyl groups is 1. The zero-order valence-corrected chi connectivity index (χ0v) is 8.30. The van der Waals surface area contributed by atoms with Crippen molar-refractivity contribution in [3.05, 3.63) is 36.7 Å². The highest BCUT2D eigenvalue weighted by Gasteiger charge is 2.03. The predicted molar refractivity (Wildman–Crippen MR) is 59.2 cm³/mol. The fourth-order valence-corrected chi connectivity index (χ4v) is 1.49. The lowest BCUT2D eigenvalue weighted by Crippen LogP contribution is -2.01. The molecule has 0 saturated carbocycles. The minimum Gasteiger partial charge on any atom is -0.398 e. The normalized spacial score (nSPS) is 10.5. The first-order valence-corrected chi connectivity index (χ1v) is 4.79. The van der Waals surface area contributed by atoms with Crippen molar-refractivity contribution in [1.82, 2.24) is 9.78 Å². The third-order valence-electron chi connectivity index (χ3n) is 2.23. The van der Waals surface area contributed by atoms with Crippen LogP contribution in [-0.4, -0.2) is 21.5 Å². The molecule has 78 valence electrons. The van der Waals surface area contributed by atoms with Crippen LogP contribution >= 0.6 is 0 Å². The molecule has 2 aromatic rings. The van der Waals surface area contributed by atoms with Crippen LogP contribution in [0.5, 0.6) is 0 Å². The Kier molecular flexibility index (Phi) is 2.69. The van der Waals surface area contributed by atoms with Gasteiger partial charge in [0, 0.05) is 23.0 Å². The second-order valence-corrected chi connectivity index (χ2v) is 3.30. The Morgan fingerprint density at radius 2 is 2.13 bits per heavy atom. The number of para-hydroxylation sites is 1. The van der Waals surface area contributed by atoms with Crippen molar-refractivity contribution in [3.63, 3.8) is 0 Å². The van der Waals surface area contributed by atoms with Crippen LogP contribution in [-0.2, 0) is 6.54 Å². The quantitative estimate of drug-likeness (QED) is 0.735. The minimum atomic E-state index is 0.0887. The van der Waals surface area contributed by atoms with Crippen molar-refractivity contribution in [1.29, 1.82) is 0 Å². The minimum absolute atomic E-state index is 0.0887. The Hall–Kier alpha value is -1.81. The molecule has 4 nitrogen and oxygen atoms in total. The zero-order valence-electron chi connectivity index (χ0n) is 8.30. The molecular formula is C11H13N3O. The highest BCUT2D eigenvalue weighted by Crippen LogP contribution is 2.24. The van der Waals surface area contributed by atoms with Gasteiger partial charge in [-0.2, -0.15) is 5.10 Å². The van der Waals surface area contributed by atoms with Crippen LogP contribution in [0.1, 0.15) is 0 Å². The lowest BCUT2D eigenvalue weighted by molar-refractivity contribution is 0.269. The SMILES string of the molecule is Nc1ccccc1-c1cnn(CCO)c1. The second kappa shape index (κ2) is 4.14. The van der Waals surface area contributed by atoms with Gasteiger partial charge < -0.3 is 10.8 Å². The number of aliphatic hydroxyl groups excluding tert-OH is 1. The summed E-state index contributed by atoms with van der Waals surface area (Å²) in [7, 11) is 0. The van der Waals surface area contributed by atoms with E-state index in [1.54, 1.807) is 10.9 Å². The topological polar surface area (TPSA) is 64.1 Å². The van der Waals surface area contributed by atoms with Crippen LogP contribution in [0.4, 0.5) is 5.69 Å². The molecule has 0 aliphatic rings.